The zero-order valence-electron chi connectivity index (χ0n) is 16.2. The lowest BCUT2D eigenvalue weighted by Gasteiger charge is -2.21. The van der Waals surface area contributed by atoms with Crippen LogP contribution in [-0.2, 0) is 6.54 Å². The molecule has 2 amide bonds. The first-order valence-electron chi connectivity index (χ1n) is 9.72. The molecular formula is C23H25N3O2. The molecule has 0 atom stereocenters. The third-order valence-electron chi connectivity index (χ3n) is 5.10. The monoisotopic (exact) mass is 375 g/mol. The fourth-order valence-electron chi connectivity index (χ4n) is 3.50. The highest BCUT2D eigenvalue weighted by molar-refractivity contribution is 5.95. The molecule has 1 aliphatic rings. The van der Waals surface area contributed by atoms with Crippen LogP contribution in [0.25, 0.3) is 0 Å². The van der Waals surface area contributed by atoms with Crippen LogP contribution in [0.5, 0.6) is 0 Å². The molecule has 2 aromatic carbocycles. The molecule has 144 valence electrons. The topological polar surface area (TPSA) is 64.4 Å². The van der Waals surface area contributed by atoms with Gasteiger partial charge in [-0.3, -0.25) is 9.59 Å². The summed E-state index contributed by atoms with van der Waals surface area (Å²) in [4.78, 5) is 28.8. The number of hydrogen-bond donors (Lipinski definition) is 0. The Kier molecular flexibility index (Phi) is 6.44. The molecule has 3 rings (SSSR count). The average molecular weight is 375 g/mol. The summed E-state index contributed by atoms with van der Waals surface area (Å²) in [5.41, 5.74) is 2.62. The van der Waals surface area contributed by atoms with Gasteiger partial charge in [0.2, 0.25) is 0 Å². The van der Waals surface area contributed by atoms with E-state index in [1.807, 2.05) is 29.2 Å². The van der Waals surface area contributed by atoms with Gasteiger partial charge in [0.15, 0.2) is 0 Å². The van der Waals surface area contributed by atoms with Crippen molar-refractivity contribution in [2.75, 3.05) is 20.1 Å². The van der Waals surface area contributed by atoms with Crippen molar-refractivity contribution in [2.24, 2.45) is 0 Å². The van der Waals surface area contributed by atoms with E-state index >= 15 is 0 Å². The fraction of sp³-hybridized carbons (Fsp3) is 0.348. The first-order chi connectivity index (χ1) is 13.6. The van der Waals surface area contributed by atoms with Gasteiger partial charge in [0, 0.05) is 37.8 Å². The number of carbonyl (C=O) groups excluding carboxylic acids is 2. The van der Waals surface area contributed by atoms with Gasteiger partial charge in [-0.15, -0.1) is 0 Å². The van der Waals surface area contributed by atoms with Crippen LogP contribution in [0.1, 0.15) is 57.5 Å². The predicted octanol–water partition coefficient (Wildman–Crippen LogP) is 3.85. The van der Waals surface area contributed by atoms with Crippen molar-refractivity contribution >= 4 is 11.8 Å². The molecule has 5 heteroatoms. The van der Waals surface area contributed by atoms with Crippen LogP contribution < -0.4 is 0 Å². The maximum Gasteiger partial charge on any atom is 0.253 e. The maximum absolute atomic E-state index is 12.7. The molecule has 1 fully saturated rings. The molecule has 0 spiro atoms. The lowest BCUT2D eigenvalue weighted by molar-refractivity contribution is 0.0758. The third-order valence-corrected chi connectivity index (χ3v) is 5.10. The van der Waals surface area contributed by atoms with E-state index in [9.17, 15) is 9.59 Å². The van der Waals surface area contributed by atoms with Crippen LogP contribution >= 0.6 is 0 Å². The number of benzene rings is 2. The summed E-state index contributed by atoms with van der Waals surface area (Å²) < 4.78 is 0. The smallest absolute Gasteiger partial charge is 0.253 e. The van der Waals surface area contributed by atoms with Crippen molar-refractivity contribution in [3.8, 4) is 6.07 Å². The number of nitrogens with zero attached hydrogens (tertiary/aromatic N) is 3. The number of nitriles is 1. The molecule has 0 radical (unpaired) electrons. The maximum atomic E-state index is 12.7. The Labute approximate surface area is 166 Å². The highest BCUT2D eigenvalue weighted by Crippen LogP contribution is 2.15. The second-order valence-electron chi connectivity index (χ2n) is 7.26. The van der Waals surface area contributed by atoms with Crippen LogP contribution in [0.4, 0.5) is 0 Å². The quantitative estimate of drug-likeness (QED) is 0.815. The van der Waals surface area contributed by atoms with Crippen LogP contribution in [-0.4, -0.2) is 41.8 Å². The summed E-state index contributed by atoms with van der Waals surface area (Å²) in [7, 11) is 1.73. The highest BCUT2D eigenvalue weighted by Gasteiger charge is 2.17. The van der Waals surface area contributed by atoms with E-state index in [-0.39, 0.29) is 11.8 Å². The van der Waals surface area contributed by atoms with Crippen LogP contribution in [0.15, 0.2) is 48.5 Å². The number of amides is 2. The van der Waals surface area contributed by atoms with E-state index in [1.54, 1.807) is 36.2 Å². The molecule has 0 N–H and O–H groups in total. The third kappa shape index (κ3) is 4.77. The van der Waals surface area contributed by atoms with Gasteiger partial charge in [-0.1, -0.05) is 31.0 Å². The predicted molar refractivity (Wildman–Crippen MR) is 108 cm³/mol. The van der Waals surface area contributed by atoms with Gasteiger partial charge in [0.25, 0.3) is 11.8 Å². The number of rotatable bonds is 4. The molecule has 5 nitrogen and oxygen atoms in total. The van der Waals surface area contributed by atoms with Gasteiger partial charge < -0.3 is 9.80 Å². The van der Waals surface area contributed by atoms with E-state index in [4.69, 9.17) is 5.26 Å². The summed E-state index contributed by atoms with van der Waals surface area (Å²) in [5.74, 6) is -0.0481. The van der Waals surface area contributed by atoms with E-state index < -0.39 is 0 Å². The lowest BCUT2D eigenvalue weighted by Crippen LogP contribution is -2.31. The molecule has 0 aliphatic carbocycles. The molecule has 0 bridgehead atoms. The summed E-state index contributed by atoms with van der Waals surface area (Å²) in [6, 6.07) is 16.2. The zero-order valence-corrected chi connectivity index (χ0v) is 16.2. The Hall–Kier alpha value is -3.13. The molecular weight excluding hydrogens is 350 g/mol. The average Bonchev–Trinajstić information content (AvgIpc) is 3.03. The van der Waals surface area contributed by atoms with Gasteiger partial charge in [-0.25, -0.2) is 0 Å². The standard InChI is InChI=1S/C23H25N3O2/c1-25(22(27)21-8-6-7-19(15-21)16-24)17-18-9-11-20(12-10-18)23(28)26-13-4-2-3-5-14-26/h6-12,15H,2-5,13-14,17H2,1H3. The van der Waals surface area contributed by atoms with E-state index in [0.29, 0.717) is 23.2 Å². The van der Waals surface area contributed by atoms with Gasteiger partial charge in [0.05, 0.1) is 11.6 Å². The Balaban J connectivity index is 1.64. The molecule has 1 saturated heterocycles. The van der Waals surface area contributed by atoms with Crippen molar-refractivity contribution in [1.82, 2.24) is 9.80 Å². The lowest BCUT2D eigenvalue weighted by atomic mass is 10.1. The fourth-order valence-corrected chi connectivity index (χ4v) is 3.50. The normalized spacial score (nSPS) is 14.1. The minimum absolute atomic E-state index is 0.0891. The Bertz CT molecular complexity index is 875. The molecule has 1 heterocycles. The highest BCUT2D eigenvalue weighted by atomic mass is 16.2. The first-order valence-corrected chi connectivity index (χ1v) is 9.72. The Morgan fingerprint density at radius 3 is 2.32 bits per heavy atom. The van der Waals surface area contributed by atoms with Gasteiger partial charge in [-0.2, -0.15) is 5.26 Å². The number of likely N-dealkylation sites (tertiary alicyclic amines) is 1. The minimum Gasteiger partial charge on any atom is -0.339 e. The van der Waals surface area contributed by atoms with Gasteiger partial charge in [0.1, 0.15) is 0 Å². The molecule has 1 aliphatic heterocycles. The van der Waals surface area contributed by atoms with E-state index in [2.05, 4.69) is 6.07 Å². The summed E-state index contributed by atoms with van der Waals surface area (Å²) in [5, 5.41) is 8.99. The van der Waals surface area contributed by atoms with Crippen LogP contribution in [0.3, 0.4) is 0 Å². The molecule has 28 heavy (non-hydrogen) atoms. The van der Waals surface area contributed by atoms with E-state index in [0.717, 1.165) is 31.5 Å². The Morgan fingerprint density at radius 2 is 1.68 bits per heavy atom. The van der Waals surface area contributed by atoms with Crippen molar-refractivity contribution in [2.45, 2.75) is 32.2 Å². The van der Waals surface area contributed by atoms with Crippen LogP contribution in [0.2, 0.25) is 0 Å². The Morgan fingerprint density at radius 1 is 1.00 bits per heavy atom. The summed E-state index contributed by atoms with van der Waals surface area (Å²) in [6.45, 7) is 2.10. The van der Waals surface area contributed by atoms with Gasteiger partial charge >= 0.3 is 0 Å². The summed E-state index contributed by atoms with van der Waals surface area (Å²) in [6.07, 6.45) is 4.54. The van der Waals surface area contributed by atoms with Gasteiger partial charge in [-0.05, 0) is 48.7 Å². The summed E-state index contributed by atoms with van der Waals surface area (Å²) >= 11 is 0. The largest absolute Gasteiger partial charge is 0.339 e. The van der Waals surface area contributed by atoms with Crippen molar-refractivity contribution in [3.05, 3.63) is 70.8 Å². The minimum atomic E-state index is -0.137. The molecule has 0 aromatic heterocycles. The number of carbonyl (C=O) groups is 2. The molecule has 0 saturated carbocycles. The second-order valence-corrected chi connectivity index (χ2v) is 7.26. The SMILES string of the molecule is CN(Cc1ccc(C(=O)N2CCCCCC2)cc1)C(=O)c1cccc(C#N)c1. The first kappa shape index (κ1) is 19.6. The van der Waals surface area contributed by atoms with Crippen molar-refractivity contribution < 1.29 is 9.59 Å². The number of hydrogen-bond acceptors (Lipinski definition) is 3. The van der Waals surface area contributed by atoms with Crippen molar-refractivity contribution in [1.29, 1.82) is 5.26 Å². The molecule has 0 unspecified atom stereocenters. The van der Waals surface area contributed by atoms with Crippen LogP contribution in [0, 0.1) is 11.3 Å². The zero-order chi connectivity index (χ0) is 19.9. The van der Waals surface area contributed by atoms with Crippen molar-refractivity contribution in [3.63, 3.8) is 0 Å². The second kappa shape index (κ2) is 9.18. The van der Waals surface area contributed by atoms with E-state index in [1.165, 1.54) is 12.8 Å². The molecule has 2 aromatic rings.